The minimum absolute atomic E-state index is 0.0198. The van der Waals surface area contributed by atoms with Crippen LogP contribution in [-0.2, 0) is 7.05 Å². The van der Waals surface area contributed by atoms with Gasteiger partial charge in [-0.15, -0.1) is 0 Å². The zero-order valence-corrected chi connectivity index (χ0v) is 9.02. The molecule has 0 aliphatic heterocycles. The molecule has 2 atom stereocenters. The summed E-state index contributed by atoms with van der Waals surface area (Å²) in [7, 11) is 1.82. The van der Waals surface area contributed by atoms with Gasteiger partial charge in [0.15, 0.2) is 5.78 Å². The van der Waals surface area contributed by atoms with Crippen molar-refractivity contribution in [2.75, 3.05) is 0 Å². The first kappa shape index (κ1) is 10.4. The van der Waals surface area contributed by atoms with E-state index < -0.39 is 0 Å². The second-order valence-electron chi connectivity index (χ2n) is 4.29. The number of hydrogen-bond acceptors (Lipinski definition) is 3. The maximum atomic E-state index is 12.1. The Hall–Kier alpha value is -1.16. The van der Waals surface area contributed by atoms with Crippen LogP contribution in [-0.4, -0.2) is 21.6 Å². The van der Waals surface area contributed by atoms with E-state index in [-0.39, 0.29) is 17.7 Å². The molecule has 0 saturated heterocycles. The van der Waals surface area contributed by atoms with Gasteiger partial charge in [0.25, 0.3) is 0 Å². The number of nitrogens with zero attached hydrogens (tertiary/aromatic N) is 2. The number of Topliss-reactive ketones (excluding diaryl/α,β-unsaturated/α-hetero) is 1. The molecule has 2 N–H and O–H groups in total. The van der Waals surface area contributed by atoms with Gasteiger partial charge in [0.1, 0.15) is 5.69 Å². The van der Waals surface area contributed by atoms with Crippen molar-refractivity contribution >= 4 is 5.78 Å². The van der Waals surface area contributed by atoms with E-state index in [1.807, 2.05) is 7.05 Å². The quantitative estimate of drug-likeness (QED) is 0.739. The van der Waals surface area contributed by atoms with Crippen LogP contribution in [0.25, 0.3) is 0 Å². The van der Waals surface area contributed by atoms with Gasteiger partial charge < -0.3 is 5.73 Å². The number of aryl methyl sites for hydroxylation is 1. The number of carbonyl (C=O) groups excluding carboxylic acids is 1. The lowest BCUT2D eigenvalue weighted by molar-refractivity contribution is 0.0865. The number of ketones is 1. The molecule has 0 spiro atoms. The second kappa shape index (κ2) is 4.14. The summed E-state index contributed by atoms with van der Waals surface area (Å²) < 4.78 is 1.65. The van der Waals surface area contributed by atoms with Crippen LogP contribution in [0.2, 0.25) is 0 Å². The summed E-state index contributed by atoms with van der Waals surface area (Å²) in [6.07, 6.45) is 5.92. The smallest absolute Gasteiger partial charge is 0.187 e. The second-order valence-corrected chi connectivity index (χ2v) is 4.29. The van der Waals surface area contributed by atoms with E-state index in [0.29, 0.717) is 5.69 Å². The summed E-state index contributed by atoms with van der Waals surface area (Å²) >= 11 is 0. The summed E-state index contributed by atoms with van der Waals surface area (Å²) in [4.78, 5) is 12.1. The molecule has 0 aromatic carbocycles. The Bertz CT molecular complexity index is 358. The number of hydrogen-bond donors (Lipinski definition) is 1. The van der Waals surface area contributed by atoms with Crippen molar-refractivity contribution in [1.29, 1.82) is 0 Å². The fraction of sp³-hybridized carbons (Fsp3) is 0.636. The summed E-state index contributed by atoms with van der Waals surface area (Å²) in [6, 6.07) is 1.79. The van der Waals surface area contributed by atoms with Gasteiger partial charge in [-0.25, -0.2) is 0 Å². The molecule has 82 valence electrons. The molecule has 4 heteroatoms. The Kier molecular flexibility index (Phi) is 2.86. The van der Waals surface area contributed by atoms with Crippen molar-refractivity contribution in [2.24, 2.45) is 18.7 Å². The van der Waals surface area contributed by atoms with Crippen molar-refractivity contribution in [3.63, 3.8) is 0 Å². The Morgan fingerprint density at radius 3 is 2.87 bits per heavy atom. The van der Waals surface area contributed by atoms with Crippen LogP contribution in [0, 0.1) is 5.92 Å². The van der Waals surface area contributed by atoms with E-state index in [2.05, 4.69) is 5.10 Å². The van der Waals surface area contributed by atoms with E-state index in [0.717, 1.165) is 25.7 Å². The molecule has 1 aliphatic rings. The van der Waals surface area contributed by atoms with Crippen LogP contribution < -0.4 is 5.73 Å². The Balaban J connectivity index is 2.13. The van der Waals surface area contributed by atoms with Gasteiger partial charge in [-0.1, -0.05) is 12.8 Å². The van der Waals surface area contributed by atoms with Crippen LogP contribution in [0.1, 0.15) is 36.2 Å². The van der Waals surface area contributed by atoms with E-state index >= 15 is 0 Å². The van der Waals surface area contributed by atoms with Gasteiger partial charge in [0.2, 0.25) is 0 Å². The average Bonchev–Trinajstić information content (AvgIpc) is 2.65. The van der Waals surface area contributed by atoms with Crippen LogP contribution in [0.3, 0.4) is 0 Å². The molecule has 1 aromatic heterocycles. The van der Waals surface area contributed by atoms with E-state index in [1.54, 1.807) is 16.9 Å². The predicted molar refractivity (Wildman–Crippen MR) is 57.5 cm³/mol. The molecule has 4 nitrogen and oxygen atoms in total. The van der Waals surface area contributed by atoms with Crippen molar-refractivity contribution in [1.82, 2.24) is 9.78 Å². The summed E-state index contributed by atoms with van der Waals surface area (Å²) in [5, 5.41) is 4.13. The lowest BCUT2D eigenvalue weighted by Gasteiger charge is -2.26. The highest BCUT2D eigenvalue weighted by atomic mass is 16.1. The molecule has 1 heterocycles. The van der Waals surface area contributed by atoms with Crippen molar-refractivity contribution < 1.29 is 4.79 Å². The molecular formula is C11H17N3O. The lowest BCUT2D eigenvalue weighted by Crippen LogP contribution is -2.38. The molecule has 0 radical (unpaired) electrons. The zero-order valence-electron chi connectivity index (χ0n) is 9.02. The fourth-order valence-electron chi connectivity index (χ4n) is 2.22. The van der Waals surface area contributed by atoms with Crippen molar-refractivity contribution in [3.05, 3.63) is 18.0 Å². The third-order valence-corrected chi connectivity index (χ3v) is 3.12. The van der Waals surface area contributed by atoms with Crippen LogP contribution >= 0.6 is 0 Å². The van der Waals surface area contributed by atoms with Crippen molar-refractivity contribution in [3.8, 4) is 0 Å². The van der Waals surface area contributed by atoms with Crippen LogP contribution in [0.4, 0.5) is 0 Å². The standard InChI is InChI=1S/C11H17N3O/c1-14-7-6-10(13-14)11(15)8-4-2-3-5-9(8)12/h6-9H,2-5,12H2,1H3. The van der Waals surface area contributed by atoms with Crippen LogP contribution in [0.5, 0.6) is 0 Å². The van der Waals surface area contributed by atoms with Gasteiger partial charge in [-0.05, 0) is 18.9 Å². The normalized spacial score (nSPS) is 26.5. The van der Waals surface area contributed by atoms with Gasteiger partial charge >= 0.3 is 0 Å². The van der Waals surface area contributed by atoms with Gasteiger partial charge in [0.05, 0.1) is 0 Å². The topological polar surface area (TPSA) is 60.9 Å². The van der Waals surface area contributed by atoms with Gasteiger partial charge in [0, 0.05) is 25.2 Å². The molecule has 2 rings (SSSR count). The Labute approximate surface area is 89.5 Å². The summed E-state index contributed by atoms with van der Waals surface area (Å²) in [5.41, 5.74) is 6.52. The molecule has 2 unspecified atom stereocenters. The molecule has 1 aliphatic carbocycles. The molecule has 15 heavy (non-hydrogen) atoms. The summed E-state index contributed by atoms with van der Waals surface area (Å²) in [5.74, 6) is 0.0939. The molecule has 1 aromatic rings. The van der Waals surface area contributed by atoms with E-state index in [4.69, 9.17) is 5.73 Å². The first-order valence-corrected chi connectivity index (χ1v) is 5.48. The third-order valence-electron chi connectivity index (χ3n) is 3.12. The van der Waals surface area contributed by atoms with E-state index in [1.165, 1.54) is 0 Å². The first-order chi connectivity index (χ1) is 7.18. The highest BCUT2D eigenvalue weighted by Gasteiger charge is 2.29. The maximum absolute atomic E-state index is 12.1. The van der Waals surface area contributed by atoms with E-state index in [9.17, 15) is 4.79 Å². The van der Waals surface area contributed by atoms with Gasteiger partial charge in [-0.3, -0.25) is 9.48 Å². The highest BCUT2D eigenvalue weighted by Crippen LogP contribution is 2.25. The number of rotatable bonds is 2. The predicted octanol–water partition coefficient (Wildman–Crippen LogP) is 1.12. The largest absolute Gasteiger partial charge is 0.327 e. The fourth-order valence-corrected chi connectivity index (χ4v) is 2.22. The number of carbonyl (C=O) groups is 1. The average molecular weight is 207 g/mol. The minimum atomic E-state index is -0.0198. The monoisotopic (exact) mass is 207 g/mol. The van der Waals surface area contributed by atoms with Gasteiger partial charge in [-0.2, -0.15) is 5.10 Å². The molecule has 0 amide bonds. The Morgan fingerprint density at radius 1 is 1.53 bits per heavy atom. The maximum Gasteiger partial charge on any atom is 0.187 e. The van der Waals surface area contributed by atoms with Crippen molar-refractivity contribution in [2.45, 2.75) is 31.7 Å². The highest BCUT2D eigenvalue weighted by molar-refractivity contribution is 5.96. The first-order valence-electron chi connectivity index (χ1n) is 5.48. The molecule has 1 fully saturated rings. The zero-order chi connectivity index (χ0) is 10.8. The number of nitrogens with two attached hydrogens (primary N) is 1. The van der Waals surface area contributed by atoms with Crippen LogP contribution in [0.15, 0.2) is 12.3 Å². The minimum Gasteiger partial charge on any atom is -0.327 e. The third kappa shape index (κ3) is 2.09. The number of aromatic nitrogens is 2. The molecular weight excluding hydrogens is 190 g/mol. The summed E-state index contributed by atoms with van der Waals surface area (Å²) in [6.45, 7) is 0. The SMILES string of the molecule is Cn1ccc(C(=O)C2CCCCC2N)n1. The lowest BCUT2D eigenvalue weighted by atomic mass is 9.81. The molecule has 0 bridgehead atoms. The molecule has 1 saturated carbocycles. The Morgan fingerprint density at radius 2 is 2.27 bits per heavy atom.